The molecule has 0 amide bonds. The van der Waals surface area contributed by atoms with E-state index in [1.54, 1.807) is 14.2 Å². The van der Waals surface area contributed by atoms with Gasteiger partial charge in [-0.3, -0.25) is 4.98 Å². The second-order valence-electron chi connectivity index (χ2n) is 7.53. The molecule has 2 heterocycles. The third-order valence-electron chi connectivity index (χ3n) is 5.45. The Balaban J connectivity index is 1.76. The highest BCUT2D eigenvalue weighted by Gasteiger charge is 2.15. The van der Waals surface area contributed by atoms with Crippen molar-refractivity contribution in [1.29, 1.82) is 0 Å². The summed E-state index contributed by atoms with van der Waals surface area (Å²) in [7, 11) is 7.30. The minimum Gasteiger partial charge on any atom is -0.497 e. The first kappa shape index (κ1) is 21.0. The van der Waals surface area contributed by atoms with Crippen molar-refractivity contribution in [2.75, 3.05) is 52.8 Å². The third-order valence-corrected chi connectivity index (χ3v) is 5.45. The third kappa shape index (κ3) is 4.57. The molecule has 0 unspecified atom stereocenters. The van der Waals surface area contributed by atoms with Crippen molar-refractivity contribution in [1.82, 2.24) is 20.7 Å². The van der Waals surface area contributed by atoms with E-state index < -0.39 is 0 Å². The first-order valence-electron chi connectivity index (χ1n) is 10.3. The Kier molecular flexibility index (Phi) is 6.25. The lowest BCUT2D eigenvalue weighted by molar-refractivity contribution is 0.374. The van der Waals surface area contributed by atoms with Crippen LogP contribution in [0.1, 0.15) is 5.56 Å². The monoisotopic (exact) mass is 419 g/mol. The second kappa shape index (κ2) is 9.24. The average molecular weight is 420 g/mol. The van der Waals surface area contributed by atoms with E-state index in [9.17, 15) is 0 Å². The van der Waals surface area contributed by atoms with Gasteiger partial charge in [0, 0.05) is 74.0 Å². The fourth-order valence-electron chi connectivity index (χ4n) is 3.75. The van der Waals surface area contributed by atoms with Crippen molar-refractivity contribution in [2.24, 2.45) is 0 Å². The Hall–Kier alpha value is -3.29. The molecule has 1 aromatic heterocycles. The SMILES string of the molecule is CNCCN(c1cc(OC)cc(OC)c1)c1ccc2ncc(C3=CN(C)NC3)cc2c1. The fraction of sp³-hybridized carbons (Fsp3) is 0.292. The van der Waals surface area contributed by atoms with Gasteiger partial charge in [-0.15, -0.1) is 0 Å². The summed E-state index contributed by atoms with van der Waals surface area (Å²) in [5.41, 5.74) is 8.73. The number of rotatable bonds is 8. The van der Waals surface area contributed by atoms with Gasteiger partial charge in [0.25, 0.3) is 0 Å². The maximum Gasteiger partial charge on any atom is 0.124 e. The summed E-state index contributed by atoms with van der Waals surface area (Å²) >= 11 is 0. The van der Waals surface area contributed by atoms with Crippen LogP contribution < -0.4 is 25.1 Å². The molecule has 1 aliphatic heterocycles. The van der Waals surface area contributed by atoms with Crippen LogP contribution in [0.3, 0.4) is 0 Å². The van der Waals surface area contributed by atoms with E-state index in [1.807, 2.05) is 43.5 Å². The van der Waals surface area contributed by atoms with Crippen molar-refractivity contribution in [3.63, 3.8) is 0 Å². The highest BCUT2D eigenvalue weighted by Crippen LogP contribution is 2.34. The van der Waals surface area contributed by atoms with E-state index >= 15 is 0 Å². The quantitative estimate of drug-likeness (QED) is 0.580. The van der Waals surface area contributed by atoms with Gasteiger partial charge in [0.05, 0.1) is 19.7 Å². The van der Waals surface area contributed by atoms with E-state index in [2.05, 4.69) is 51.1 Å². The number of pyridine rings is 1. The minimum atomic E-state index is 0.762. The van der Waals surface area contributed by atoms with Gasteiger partial charge in [0.1, 0.15) is 11.5 Å². The van der Waals surface area contributed by atoms with Gasteiger partial charge < -0.3 is 24.7 Å². The van der Waals surface area contributed by atoms with Gasteiger partial charge in [-0.05, 0) is 42.4 Å². The van der Waals surface area contributed by atoms with E-state index in [0.29, 0.717) is 0 Å². The minimum absolute atomic E-state index is 0.762. The predicted octanol–water partition coefficient (Wildman–Crippen LogP) is 3.40. The molecular formula is C24H29N5O2. The van der Waals surface area contributed by atoms with Gasteiger partial charge in [-0.1, -0.05) is 0 Å². The number of aromatic nitrogens is 1. The summed E-state index contributed by atoms with van der Waals surface area (Å²) in [4.78, 5) is 6.94. The molecule has 0 atom stereocenters. The molecule has 0 aliphatic carbocycles. The highest BCUT2D eigenvalue weighted by molar-refractivity contribution is 5.87. The first-order valence-corrected chi connectivity index (χ1v) is 10.3. The lowest BCUT2D eigenvalue weighted by atomic mass is 10.1. The number of hydrogen-bond donors (Lipinski definition) is 2. The normalized spacial score (nSPS) is 13.4. The number of hydrazine groups is 1. The van der Waals surface area contributed by atoms with Crippen molar-refractivity contribution in [3.8, 4) is 11.5 Å². The zero-order chi connectivity index (χ0) is 21.8. The topological polar surface area (TPSA) is 61.9 Å². The molecule has 1 aliphatic rings. The molecule has 2 aromatic carbocycles. The van der Waals surface area contributed by atoms with E-state index in [4.69, 9.17) is 9.47 Å². The van der Waals surface area contributed by atoms with Crippen molar-refractivity contribution < 1.29 is 9.47 Å². The molecule has 0 fully saturated rings. The van der Waals surface area contributed by atoms with Crippen LogP contribution in [0.15, 0.2) is 54.9 Å². The lowest BCUT2D eigenvalue weighted by Gasteiger charge is -2.26. The molecule has 3 aromatic rings. The molecule has 0 saturated heterocycles. The summed E-state index contributed by atoms with van der Waals surface area (Å²) < 4.78 is 11.0. The number of benzene rings is 2. The lowest BCUT2D eigenvalue weighted by Crippen LogP contribution is -2.26. The summed E-state index contributed by atoms with van der Waals surface area (Å²) in [6.45, 7) is 2.44. The Morgan fingerprint density at radius 1 is 1.06 bits per heavy atom. The number of nitrogens with one attached hydrogen (secondary N) is 2. The molecule has 31 heavy (non-hydrogen) atoms. The Morgan fingerprint density at radius 2 is 1.84 bits per heavy atom. The first-order chi connectivity index (χ1) is 15.1. The number of ether oxygens (including phenoxy) is 2. The van der Waals surface area contributed by atoms with Crippen molar-refractivity contribution in [2.45, 2.75) is 0 Å². The van der Waals surface area contributed by atoms with Crippen LogP contribution in [0.4, 0.5) is 11.4 Å². The Labute approximate surface area is 183 Å². The number of nitrogens with zero attached hydrogens (tertiary/aromatic N) is 3. The van der Waals surface area contributed by atoms with Crippen LogP contribution in [-0.4, -0.2) is 57.9 Å². The molecule has 162 valence electrons. The van der Waals surface area contributed by atoms with Crippen molar-refractivity contribution in [3.05, 3.63) is 60.4 Å². The number of anilines is 2. The maximum atomic E-state index is 5.49. The molecule has 0 bridgehead atoms. The molecular weight excluding hydrogens is 390 g/mol. The maximum absolute atomic E-state index is 5.49. The largest absolute Gasteiger partial charge is 0.497 e. The van der Waals surface area contributed by atoms with Gasteiger partial charge in [-0.25, -0.2) is 5.43 Å². The molecule has 2 N–H and O–H groups in total. The van der Waals surface area contributed by atoms with Crippen LogP contribution in [0.2, 0.25) is 0 Å². The number of hydrogen-bond acceptors (Lipinski definition) is 7. The van der Waals surface area contributed by atoms with E-state index in [-0.39, 0.29) is 0 Å². The van der Waals surface area contributed by atoms with Crippen molar-refractivity contribution >= 4 is 27.9 Å². The van der Waals surface area contributed by atoms with Crippen LogP contribution in [-0.2, 0) is 0 Å². The molecule has 0 spiro atoms. The number of likely N-dealkylation sites (N-methyl/N-ethyl adjacent to an activating group) is 1. The summed E-state index contributed by atoms with van der Waals surface area (Å²) in [5, 5.41) is 6.33. The molecule has 0 radical (unpaired) electrons. The van der Waals surface area contributed by atoms with Crippen LogP contribution in [0.25, 0.3) is 16.5 Å². The van der Waals surface area contributed by atoms with Crippen LogP contribution >= 0.6 is 0 Å². The zero-order valence-electron chi connectivity index (χ0n) is 18.5. The summed E-state index contributed by atoms with van der Waals surface area (Å²) in [6, 6.07) is 14.5. The predicted molar refractivity (Wildman–Crippen MR) is 126 cm³/mol. The summed E-state index contributed by atoms with van der Waals surface area (Å²) in [6.07, 6.45) is 4.05. The van der Waals surface area contributed by atoms with E-state index in [0.717, 1.165) is 59.0 Å². The molecule has 4 rings (SSSR count). The number of fused-ring (bicyclic) bond motifs is 1. The smallest absolute Gasteiger partial charge is 0.124 e. The molecule has 7 heteroatoms. The number of methoxy groups -OCH3 is 2. The summed E-state index contributed by atoms with van der Waals surface area (Å²) in [5.74, 6) is 1.52. The highest BCUT2D eigenvalue weighted by atomic mass is 16.5. The van der Waals surface area contributed by atoms with Gasteiger partial charge in [0.2, 0.25) is 0 Å². The fourth-order valence-corrected chi connectivity index (χ4v) is 3.75. The Bertz CT molecular complexity index is 1080. The molecule has 0 saturated carbocycles. The Morgan fingerprint density at radius 3 is 2.48 bits per heavy atom. The van der Waals surface area contributed by atoms with E-state index in [1.165, 1.54) is 5.57 Å². The average Bonchev–Trinajstić information content (AvgIpc) is 3.24. The molecule has 7 nitrogen and oxygen atoms in total. The van der Waals surface area contributed by atoms with Crippen LogP contribution in [0.5, 0.6) is 11.5 Å². The van der Waals surface area contributed by atoms with Gasteiger partial charge in [0.15, 0.2) is 0 Å². The second-order valence-corrected chi connectivity index (χ2v) is 7.53. The van der Waals surface area contributed by atoms with Gasteiger partial charge in [-0.2, -0.15) is 0 Å². The van der Waals surface area contributed by atoms with Gasteiger partial charge >= 0.3 is 0 Å². The standard InChI is InChI=1S/C24H29N5O2/c1-25-7-8-29(21-11-22(30-3)13-23(12-21)31-4)20-5-6-24-17(10-20)9-18(14-26-24)19-15-27-28(2)16-19/h5-6,9-14,16,25,27H,7-8,15H2,1-4H3. The zero-order valence-corrected chi connectivity index (χ0v) is 18.5. The van der Waals surface area contributed by atoms with Crippen LogP contribution in [0, 0.1) is 0 Å².